The minimum atomic E-state index is -0.369. The standard InChI is InChI=1S/C16H11N5O3/c1-24-12-7-10(20-9-17-18-19-20)6-11(8-12)21-15(22)13-4-2-3-5-14(13)16(21)23/h2-9H,1H3. The molecule has 0 atom stereocenters. The van der Waals surface area contributed by atoms with Crippen LogP contribution in [0.4, 0.5) is 5.69 Å². The molecule has 1 aliphatic heterocycles. The molecule has 0 saturated heterocycles. The minimum Gasteiger partial charge on any atom is -0.497 e. The highest BCUT2D eigenvalue weighted by Gasteiger charge is 2.36. The van der Waals surface area contributed by atoms with E-state index in [1.165, 1.54) is 18.1 Å². The Morgan fingerprint density at radius 3 is 2.21 bits per heavy atom. The Bertz CT molecular complexity index is 917. The fourth-order valence-electron chi connectivity index (χ4n) is 2.65. The van der Waals surface area contributed by atoms with Gasteiger partial charge in [-0.25, -0.2) is 9.58 Å². The van der Waals surface area contributed by atoms with Crippen LogP contribution >= 0.6 is 0 Å². The zero-order valence-corrected chi connectivity index (χ0v) is 12.6. The van der Waals surface area contributed by atoms with Crippen LogP contribution in [0.2, 0.25) is 0 Å². The van der Waals surface area contributed by atoms with Crippen LogP contribution in [0.3, 0.4) is 0 Å². The molecule has 0 aliphatic carbocycles. The third kappa shape index (κ3) is 2.04. The second-order valence-electron chi connectivity index (χ2n) is 5.13. The number of nitrogens with zero attached hydrogens (tertiary/aromatic N) is 5. The summed E-state index contributed by atoms with van der Waals surface area (Å²) in [7, 11) is 1.50. The first-order valence-electron chi connectivity index (χ1n) is 7.09. The minimum absolute atomic E-state index is 0.369. The quantitative estimate of drug-likeness (QED) is 0.679. The zero-order chi connectivity index (χ0) is 16.7. The number of anilines is 1. The first kappa shape index (κ1) is 14.1. The molecule has 2 heterocycles. The molecule has 4 rings (SSSR count). The number of hydrogen-bond acceptors (Lipinski definition) is 6. The number of methoxy groups -OCH3 is 1. The number of aromatic nitrogens is 4. The fraction of sp³-hybridized carbons (Fsp3) is 0.0625. The zero-order valence-electron chi connectivity index (χ0n) is 12.6. The molecular weight excluding hydrogens is 310 g/mol. The van der Waals surface area contributed by atoms with E-state index < -0.39 is 0 Å². The topological polar surface area (TPSA) is 90.2 Å². The van der Waals surface area contributed by atoms with Gasteiger partial charge < -0.3 is 4.74 Å². The van der Waals surface area contributed by atoms with Gasteiger partial charge in [-0.3, -0.25) is 9.59 Å². The fourth-order valence-corrected chi connectivity index (χ4v) is 2.65. The summed E-state index contributed by atoms with van der Waals surface area (Å²) >= 11 is 0. The molecular formula is C16H11N5O3. The lowest BCUT2D eigenvalue weighted by atomic mass is 10.1. The van der Waals surface area contributed by atoms with Gasteiger partial charge in [-0.15, -0.1) is 5.10 Å². The summed E-state index contributed by atoms with van der Waals surface area (Å²) < 4.78 is 6.69. The van der Waals surface area contributed by atoms with Crippen molar-refractivity contribution < 1.29 is 14.3 Å². The molecule has 0 spiro atoms. The van der Waals surface area contributed by atoms with E-state index in [2.05, 4.69) is 15.5 Å². The summed E-state index contributed by atoms with van der Waals surface area (Å²) in [5.41, 5.74) is 1.74. The van der Waals surface area contributed by atoms with Crippen LogP contribution in [0.25, 0.3) is 5.69 Å². The first-order chi connectivity index (χ1) is 11.7. The highest BCUT2D eigenvalue weighted by atomic mass is 16.5. The van der Waals surface area contributed by atoms with Crippen molar-refractivity contribution in [2.45, 2.75) is 0 Å². The van der Waals surface area contributed by atoms with Crippen LogP contribution in [-0.4, -0.2) is 39.1 Å². The summed E-state index contributed by atoms with van der Waals surface area (Å²) in [5.74, 6) is -0.257. The van der Waals surface area contributed by atoms with E-state index in [0.29, 0.717) is 28.3 Å². The van der Waals surface area contributed by atoms with Crippen molar-refractivity contribution >= 4 is 17.5 Å². The average Bonchev–Trinajstić information content (AvgIpc) is 3.23. The Morgan fingerprint density at radius 1 is 0.958 bits per heavy atom. The van der Waals surface area contributed by atoms with Gasteiger partial charge in [-0.05, 0) is 28.6 Å². The van der Waals surface area contributed by atoms with Gasteiger partial charge >= 0.3 is 0 Å². The molecule has 1 aromatic heterocycles. The highest BCUT2D eigenvalue weighted by molar-refractivity contribution is 6.34. The Hall–Kier alpha value is -3.55. The molecule has 3 aromatic rings. The van der Waals surface area contributed by atoms with E-state index in [1.807, 2.05) is 0 Å². The number of imide groups is 1. The van der Waals surface area contributed by atoms with Crippen LogP contribution in [-0.2, 0) is 0 Å². The SMILES string of the molecule is COc1cc(N2C(=O)c3ccccc3C2=O)cc(-n2cnnn2)c1. The average molecular weight is 321 g/mol. The van der Waals surface area contributed by atoms with Crippen LogP contribution < -0.4 is 9.64 Å². The van der Waals surface area contributed by atoms with E-state index in [0.717, 1.165) is 4.90 Å². The molecule has 2 aromatic carbocycles. The predicted octanol–water partition coefficient (Wildman–Crippen LogP) is 1.47. The van der Waals surface area contributed by atoms with Gasteiger partial charge in [0.1, 0.15) is 12.1 Å². The van der Waals surface area contributed by atoms with Gasteiger partial charge in [0, 0.05) is 12.1 Å². The molecule has 0 N–H and O–H groups in total. The number of ether oxygens (including phenoxy) is 1. The normalized spacial score (nSPS) is 13.3. The van der Waals surface area contributed by atoms with Crippen molar-refractivity contribution in [2.75, 3.05) is 12.0 Å². The third-order valence-electron chi connectivity index (χ3n) is 3.78. The number of hydrogen-bond donors (Lipinski definition) is 0. The van der Waals surface area contributed by atoms with Crippen molar-refractivity contribution in [2.24, 2.45) is 0 Å². The summed E-state index contributed by atoms with van der Waals surface area (Å²) in [5, 5.41) is 11.0. The summed E-state index contributed by atoms with van der Waals surface area (Å²) in [6.07, 6.45) is 1.42. The van der Waals surface area contributed by atoms with Gasteiger partial charge in [-0.1, -0.05) is 12.1 Å². The van der Waals surface area contributed by atoms with Crippen molar-refractivity contribution in [3.05, 3.63) is 59.9 Å². The first-order valence-corrected chi connectivity index (χ1v) is 7.09. The van der Waals surface area contributed by atoms with Gasteiger partial charge in [0.25, 0.3) is 11.8 Å². The highest BCUT2D eigenvalue weighted by Crippen LogP contribution is 2.32. The maximum absolute atomic E-state index is 12.6. The number of rotatable bonds is 3. The van der Waals surface area contributed by atoms with Crippen LogP contribution in [0.1, 0.15) is 20.7 Å². The lowest BCUT2D eigenvalue weighted by Crippen LogP contribution is -2.29. The monoisotopic (exact) mass is 321 g/mol. The maximum atomic E-state index is 12.6. The molecule has 0 radical (unpaired) electrons. The third-order valence-corrected chi connectivity index (χ3v) is 3.78. The molecule has 0 saturated carbocycles. The smallest absolute Gasteiger partial charge is 0.266 e. The number of carbonyl (C=O) groups excluding carboxylic acids is 2. The summed E-state index contributed by atoms with van der Waals surface area (Å²) in [4.78, 5) is 26.4. The van der Waals surface area contributed by atoms with Gasteiger partial charge in [0.05, 0.1) is 29.6 Å². The Balaban J connectivity index is 1.84. The lowest BCUT2D eigenvalue weighted by Gasteiger charge is -2.16. The maximum Gasteiger partial charge on any atom is 0.266 e. The van der Waals surface area contributed by atoms with E-state index >= 15 is 0 Å². The van der Waals surface area contributed by atoms with E-state index in [4.69, 9.17) is 4.74 Å². The van der Waals surface area contributed by atoms with Crippen LogP contribution in [0.5, 0.6) is 5.75 Å². The summed E-state index contributed by atoms with van der Waals surface area (Å²) in [6, 6.07) is 11.7. The number of tetrazole rings is 1. The van der Waals surface area contributed by atoms with Gasteiger partial charge in [0.15, 0.2) is 0 Å². The van der Waals surface area contributed by atoms with Crippen molar-refractivity contribution in [1.82, 2.24) is 20.2 Å². The van der Waals surface area contributed by atoms with Crippen LogP contribution in [0, 0.1) is 0 Å². The molecule has 118 valence electrons. The van der Waals surface area contributed by atoms with Gasteiger partial charge in [-0.2, -0.15) is 0 Å². The number of carbonyl (C=O) groups is 2. The molecule has 0 fully saturated rings. The second-order valence-corrected chi connectivity index (χ2v) is 5.13. The number of amides is 2. The van der Waals surface area contributed by atoms with E-state index in [1.54, 1.807) is 42.5 Å². The second kappa shape index (κ2) is 5.27. The molecule has 24 heavy (non-hydrogen) atoms. The Labute approximate surface area is 136 Å². The molecule has 1 aliphatic rings. The molecule has 2 amide bonds. The predicted molar refractivity (Wildman–Crippen MR) is 83.3 cm³/mol. The van der Waals surface area contributed by atoms with Crippen molar-refractivity contribution in [3.8, 4) is 11.4 Å². The number of fused-ring (bicyclic) bond motifs is 1. The van der Waals surface area contributed by atoms with Gasteiger partial charge in [0.2, 0.25) is 0 Å². The van der Waals surface area contributed by atoms with Crippen molar-refractivity contribution in [3.63, 3.8) is 0 Å². The van der Waals surface area contributed by atoms with Crippen LogP contribution in [0.15, 0.2) is 48.8 Å². The number of benzene rings is 2. The largest absolute Gasteiger partial charge is 0.497 e. The lowest BCUT2D eigenvalue weighted by molar-refractivity contribution is 0.0926. The molecule has 8 heteroatoms. The molecule has 8 nitrogen and oxygen atoms in total. The Kier molecular flexibility index (Phi) is 3.09. The van der Waals surface area contributed by atoms with E-state index in [9.17, 15) is 9.59 Å². The van der Waals surface area contributed by atoms with E-state index in [-0.39, 0.29) is 11.8 Å². The van der Waals surface area contributed by atoms with Crippen molar-refractivity contribution in [1.29, 1.82) is 0 Å². The molecule has 0 bridgehead atoms. The molecule has 0 unspecified atom stereocenters. The summed E-state index contributed by atoms with van der Waals surface area (Å²) in [6.45, 7) is 0. The Morgan fingerprint density at radius 2 is 1.62 bits per heavy atom.